The number of esters is 1. The molecule has 0 fully saturated rings. The number of rotatable bonds is 4. The highest BCUT2D eigenvalue weighted by molar-refractivity contribution is 7.17. The van der Waals surface area contributed by atoms with Crippen LogP contribution in [0.5, 0.6) is 0 Å². The van der Waals surface area contributed by atoms with Crippen LogP contribution in [0.3, 0.4) is 0 Å². The third-order valence-electron chi connectivity index (χ3n) is 5.52. The zero-order valence-corrected chi connectivity index (χ0v) is 17.5. The number of aryl methyl sites for hydroxylation is 1. The molecule has 6 heteroatoms. The monoisotopic (exact) mass is 403 g/mol. The van der Waals surface area contributed by atoms with E-state index in [4.69, 9.17) is 4.74 Å². The molecule has 1 N–H and O–H groups in total. The predicted octanol–water partition coefficient (Wildman–Crippen LogP) is 5.24. The minimum absolute atomic E-state index is 0.0915. The van der Waals surface area contributed by atoms with E-state index >= 15 is 0 Å². The summed E-state index contributed by atoms with van der Waals surface area (Å²) in [6.45, 7) is 4.42. The minimum atomic E-state index is -0.312. The van der Waals surface area contributed by atoms with E-state index in [0.717, 1.165) is 56.1 Å². The number of amides is 1. The van der Waals surface area contributed by atoms with E-state index in [9.17, 15) is 9.59 Å². The molecule has 0 aromatic carbocycles. The zero-order valence-electron chi connectivity index (χ0n) is 15.9. The maximum Gasteiger partial charge on any atom is 0.341 e. The summed E-state index contributed by atoms with van der Waals surface area (Å²) >= 11 is 3.24. The van der Waals surface area contributed by atoms with Crippen LogP contribution in [0.1, 0.15) is 74.7 Å². The van der Waals surface area contributed by atoms with Crippen LogP contribution in [0, 0.1) is 5.92 Å². The molecule has 4 nitrogen and oxygen atoms in total. The van der Waals surface area contributed by atoms with Crippen LogP contribution in [0.15, 0.2) is 5.38 Å². The second-order valence-corrected chi connectivity index (χ2v) is 9.56. The smallest absolute Gasteiger partial charge is 0.341 e. The van der Waals surface area contributed by atoms with E-state index in [-0.39, 0.29) is 11.9 Å². The molecule has 0 spiro atoms. The maximum atomic E-state index is 13.0. The van der Waals surface area contributed by atoms with Crippen molar-refractivity contribution in [2.75, 3.05) is 11.9 Å². The molecule has 0 aliphatic heterocycles. The van der Waals surface area contributed by atoms with E-state index < -0.39 is 0 Å². The summed E-state index contributed by atoms with van der Waals surface area (Å²) < 4.78 is 5.29. The third kappa shape index (κ3) is 3.57. The molecule has 2 aromatic rings. The van der Waals surface area contributed by atoms with Gasteiger partial charge in [-0.1, -0.05) is 6.92 Å². The highest BCUT2D eigenvalue weighted by atomic mass is 32.1. The van der Waals surface area contributed by atoms with Crippen molar-refractivity contribution < 1.29 is 14.3 Å². The second-order valence-electron chi connectivity index (χ2n) is 7.49. The Kier molecular flexibility index (Phi) is 5.37. The lowest BCUT2D eigenvalue weighted by Crippen LogP contribution is -2.18. The van der Waals surface area contributed by atoms with Gasteiger partial charge in [0.2, 0.25) is 0 Å². The van der Waals surface area contributed by atoms with Crippen LogP contribution < -0.4 is 5.32 Å². The Morgan fingerprint density at radius 3 is 2.81 bits per heavy atom. The lowest BCUT2D eigenvalue weighted by atomic mass is 9.88. The van der Waals surface area contributed by atoms with Gasteiger partial charge in [0, 0.05) is 15.1 Å². The van der Waals surface area contributed by atoms with Gasteiger partial charge in [-0.15, -0.1) is 22.7 Å². The molecular formula is C21H25NO3S2. The number of hydrogen-bond acceptors (Lipinski definition) is 5. The Balaban J connectivity index is 1.64. The minimum Gasteiger partial charge on any atom is -0.462 e. The van der Waals surface area contributed by atoms with Crippen LogP contribution in [0.2, 0.25) is 0 Å². The molecule has 4 rings (SSSR count). The highest BCUT2D eigenvalue weighted by Crippen LogP contribution is 2.39. The Morgan fingerprint density at radius 2 is 2.00 bits per heavy atom. The number of fused-ring (bicyclic) bond motifs is 2. The Hall–Kier alpha value is -1.66. The van der Waals surface area contributed by atoms with Gasteiger partial charge in [-0.2, -0.15) is 0 Å². The first-order valence-corrected chi connectivity index (χ1v) is 11.5. The molecule has 1 amide bonds. The summed E-state index contributed by atoms with van der Waals surface area (Å²) in [6, 6.07) is 0. The summed E-state index contributed by atoms with van der Waals surface area (Å²) in [5.74, 6) is 0.283. The van der Waals surface area contributed by atoms with Crippen molar-refractivity contribution in [3.05, 3.63) is 37.4 Å². The van der Waals surface area contributed by atoms with Gasteiger partial charge in [-0.25, -0.2) is 4.79 Å². The number of carbonyl (C=O) groups is 2. The Labute approximate surface area is 167 Å². The maximum absolute atomic E-state index is 13.0. The lowest BCUT2D eigenvalue weighted by Gasteiger charge is -2.18. The van der Waals surface area contributed by atoms with E-state index in [2.05, 4.69) is 12.2 Å². The molecule has 2 heterocycles. The van der Waals surface area contributed by atoms with Crippen LogP contribution in [-0.4, -0.2) is 18.5 Å². The van der Waals surface area contributed by atoms with Crippen molar-refractivity contribution in [1.82, 2.24) is 0 Å². The standard InChI is InChI=1S/C21H25NO3S2/c1-3-25-21(24)18-14-6-4-5-7-16(14)27-20(18)22-19(23)15-11-26-17-10-12(2)8-9-13(15)17/h11-12H,3-10H2,1-2H3,(H,22,23)/t12-/m1/s1. The first kappa shape index (κ1) is 18.7. The Bertz CT molecular complexity index is 880. The summed E-state index contributed by atoms with van der Waals surface area (Å²) in [6.07, 6.45) is 7.25. The first-order valence-electron chi connectivity index (χ1n) is 9.80. The van der Waals surface area contributed by atoms with Crippen molar-refractivity contribution in [3.8, 4) is 0 Å². The topological polar surface area (TPSA) is 55.4 Å². The van der Waals surface area contributed by atoms with Crippen molar-refractivity contribution >= 4 is 39.6 Å². The summed E-state index contributed by atoms with van der Waals surface area (Å²) in [5.41, 5.74) is 3.65. The summed E-state index contributed by atoms with van der Waals surface area (Å²) in [5, 5.41) is 5.70. The van der Waals surface area contributed by atoms with Crippen molar-refractivity contribution in [2.24, 2.45) is 5.92 Å². The molecule has 27 heavy (non-hydrogen) atoms. The molecule has 0 unspecified atom stereocenters. The third-order valence-corrected chi connectivity index (χ3v) is 7.78. The SMILES string of the molecule is CCOC(=O)c1c(NC(=O)c2csc3c2CC[C@@H](C)C3)sc2c1CCCC2. The molecule has 2 aromatic heterocycles. The number of carbonyl (C=O) groups excluding carboxylic acids is 2. The fraction of sp³-hybridized carbons (Fsp3) is 0.524. The predicted molar refractivity (Wildman–Crippen MR) is 110 cm³/mol. The summed E-state index contributed by atoms with van der Waals surface area (Å²) in [4.78, 5) is 28.2. The van der Waals surface area contributed by atoms with Crippen molar-refractivity contribution in [3.63, 3.8) is 0 Å². The highest BCUT2D eigenvalue weighted by Gasteiger charge is 2.29. The largest absolute Gasteiger partial charge is 0.462 e. The molecular weight excluding hydrogens is 378 g/mol. The quantitative estimate of drug-likeness (QED) is 0.710. The van der Waals surface area contributed by atoms with Crippen LogP contribution in [0.25, 0.3) is 0 Å². The van der Waals surface area contributed by atoms with Gasteiger partial charge in [0.05, 0.1) is 17.7 Å². The first-order chi connectivity index (χ1) is 13.1. The fourth-order valence-electron chi connectivity index (χ4n) is 4.11. The number of ether oxygens (including phenoxy) is 1. The van der Waals surface area contributed by atoms with Gasteiger partial charge in [-0.05, 0) is 68.9 Å². The summed E-state index contributed by atoms with van der Waals surface area (Å²) in [7, 11) is 0. The van der Waals surface area contributed by atoms with Gasteiger partial charge in [-0.3, -0.25) is 4.79 Å². The normalized spacial score (nSPS) is 18.5. The second kappa shape index (κ2) is 7.76. The van der Waals surface area contributed by atoms with Gasteiger partial charge in [0.25, 0.3) is 5.91 Å². The number of anilines is 1. The van der Waals surface area contributed by atoms with E-state index in [1.54, 1.807) is 22.7 Å². The molecule has 2 aliphatic carbocycles. The average molecular weight is 404 g/mol. The molecule has 2 aliphatic rings. The van der Waals surface area contributed by atoms with E-state index in [1.165, 1.54) is 15.3 Å². The van der Waals surface area contributed by atoms with Crippen molar-refractivity contribution in [1.29, 1.82) is 0 Å². The van der Waals surface area contributed by atoms with Crippen LogP contribution in [0.4, 0.5) is 5.00 Å². The molecule has 0 radical (unpaired) electrons. The molecule has 144 valence electrons. The Morgan fingerprint density at radius 1 is 1.19 bits per heavy atom. The number of hydrogen-bond donors (Lipinski definition) is 1. The molecule has 1 atom stereocenters. The van der Waals surface area contributed by atoms with Crippen LogP contribution in [-0.2, 0) is 30.4 Å². The molecule has 0 saturated heterocycles. The zero-order chi connectivity index (χ0) is 19.0. The van der Waals surface area contributed by atoms with Gasteiger partial charge in [0.15, 0.2) is 0 Å². The van der Waals surface area contributed by atoms with Gasteiger partial charge < -0.3 is 10.1 Å². The number of thiophene rings is 2. The van der Waals surface area contributed by atoms with Crippen molar-refractivity contribution in [2.45, 2.75) is 58.8 Å². The molecule has 0 bridgehead atoms. The lowest BCUT2D eigenvalue weighted by molar-refractivity contribution is 0.0526. The van der Waals surface area contributed by atoms with E-state index in [0.29, 0.717) is 23.1 Å². The molecule has 0 saturated carbocycles. The number of nitrogens with one attached hydrogen (secondary N) is 1. The fourth-order valence-corrected chi connectivity index (χ4v) is 6.63. The average Bonchev–Trinajstić information content (AvgIpc) is 3.22. The van der Waals surface area contributed by atoms with Gasteiger partial charge in [0.1, 0.15) is 5.00 Å². The van der Waals surface area contributed by atoms with Crippen LogP contribution >= 0.6 is 22.7 Å². The van der Waals surface area contributed by atoms with Gasteiger partial charge >= 0.3 is 5.97 Å². The van der Waals surface area contributed by atoms with E-state index in [1.807, 2.05) is 12.3 Å².